The van der Waals surface area contributed by atoms with Crippen LogP contribution in [0.2, 0.25) is 10.0 Å². The largest absolute Gasteiger partial charge is 0.378 e. The maximum Gasteiger partial charge on any atom is 0.295 e. The number of nitrogens with one attached hydrogen (secondary N) is 1. The number of nitrogens with zero attached hydrogens (tertiary/aromatic N) is 2. The van der Waals surface area contributed by atoms with E-state index in [0.717, 1.165) is 27.9 Å². The van der Waals surface area contributed by atoms with Gasteiger partial charge in [0, 0.05) is 24.8 Å². The number of carbonyl (C=O) groups excluding carboxylic acids is 2. The summed E-state index contributed by atoms with van der Waals surface area (Å²) in [6.45, 7) is 0.0155. The normalized spacial score (nSPS) is 15.6. The molecule has 5 nitrogen and oxygen atoms in total. The number of halogens is 2. The highest BCUT2D eigenvalue weighted by Crippen LogP contribution is 2.33. The van der Waals surface area contributed by atoms with Crippen LogP contribution in [0.4, 0.5) is 16.2 Å². The highest BCUT2D eigenvalue weighted by atomic mass is 35.5. The maximum absolute atomic E-state index is 12.6. The number of imide groups is 1. The Morgan fingerprint density at radius 2 is 1.81 bits per heavy atom. The minimum Gasteiger partial charge on any atom is -0.378 e. The molecular weight excluding hydrogens is 405 g/mol. The molecule has 27 heavy (non-hydrogen) atoms. The SMILES string of the molecule is CN(C)c1ccc(C=C2SC(=O)N(CNc3cc(Cl)ccc3Cl)C2=O)cc1. The Hall–Kier alpha value is -2.15. The third kappa shape index (κ3) is 4.58. The van der Waals surface area contributed by atoms with Crippen LogP contribution in [0.1, 0.15) is 5.56 Å². The summed E-state index contributed by atoms with van der Waals surface area (Å²) in [4.78, 5) is 28.3. The number of carbonyl (C=O) groups is 2. The van der Waals surface area contributed by atoms with Gasteiger partial charge >= 0.3 is 0 Å². The zero-order valence-corrected chi connectivity index (χ0v) is 17.0. The average molecular weight is 422 g/mol. The van der Waals surface area contributed by atoms with Gasteiger partial charge in [-0.15, -0.1) is 0 Å². The lowest BCUT2D eigenvalue weighted by Crippen LogP contribution is -2.33. The number of hydrogen-bond donors (Lipinski definition) is 1. The van der Waals surface area contributed by atoms with E-state index in [2.05, 4.69) is 5.32 Å². The van der Waals surface area contributed by atoms with Crippen molar-refractivity contribution in [2.45, 2.75) is 0 Å². The topological polar surface area (TPSA) is 52.7 Å². The van der Waals surface area contributed by atoms with Gasteiger partial charge in [0.05, 0.1) is 22.3 Å². The minimum absolute atomic E-state index is 0.0155. The number of amides is 2. The predicted octanol–water partition coefficient (Wildman–Crippen LogP) is 5.17. The van der Waals surface area contributed by atoms with Crippen molar-refractivity contribution in [1.82, 2.24) is 4.90 Å². The van der Waals surface area contributed by atoms with Crippen LogP contribution in [0.25, 0.3) is 6.08 Å². The smallest absolute Gasteiger partial charge is 0.295 e. The Kier molecular flexibility index (Phi) is 5.99. The molecular formula is C19H17Cl2N3O2S. The van der Waals surface area contributed by atoms with E-state index in [1.54, 1.807) is 24.3 Å². The number of anilines is 2. The third-order valence-corrected chi connectivity index (χ3v) is 5.41. The lowest BCUT2D eigenvalue weighted by atomic mass is 10.2. The lowest BCUT2D eigenvalue weighted by molar-refractivity contribution is -0.122. The fraction of sp³-hybridized carbons (Fsp3) is 0.158. The molecule has 0 atom stereocenters. The highest BCUT2D eigenvalue weighted by Gasteiger charge is 2.34. The Bertz CT molecular complexity index is 914. The van der Waals surface area contributed by atoms with E-state index in [4.69, 9.17) is 23.2 Å². The average Bonchev–Trinajstić information content (AvgIpc) is 2.89. The van der Waals surface area contributed by atoms with Crippen molar-refractivity contribution in [1.29, 1.82) is 0 Å². The fourth-order valence-corrected chi connectivity index (χ4v) is 3.65. The van der Waals surface area contributed by atoms with Gasteiger partial charge in [-0.25, -0.2) is 0 Å². The molecule has 3 rings (SSSR count). The maximum atomic E-state index is 12.6. The van der Waals surface area contributed by atoms with Gasteiger partial charge in [-0.2, -0.15) is 0 Å². The van der Waals surface area contributed by atoms with Crippen LogP contribution in [0, 0.1) is 0 Å². The van der Waals surface area contributed by atoms with Crippen molar-refractivity contribution in [2.24, 2.45) is 0 Å². The fourth-order valence-electron chi connectivity index (χ4n) is 2.45. The van der Waals surface area contributed by atoms with Gasteiger partial charge in [-0.05, 0) is 53.7 Å². The molecule has 0 aliphatic carbocycles. The molecule has 1 heterocycles. The summed E-state index contributed by atoms with van der Waals surface area (Å²) in [6.07, 6.45) is 1.72. The molecule has 0 spiro atoms. The Balaban J connectivity index is 1.71. The zero-order valence-electron chi connectivity index (χ0n) is 14.7. The first-order valence-corrected chi connectivity index (χ1v) is 9.64. The van der Waals surface area contributed by atoms with Crippen LogP contribution in [0.5, 0.6) is 0 Å². The van der Waals surface area contributed by atoms with E-state index in [0.29, 0.717) is 20.6 Å². The highest BCUT2D eigenvalue weighted by molar-refractivity contribution is 8.18. The first-order chi connectivity index (χ1) is 12.8. The van der Waals surface area contributed by atoms with Crippen molar-refractivity contribution >= 4 is 63.6 Å². The molecule has 140 valence electrons. The molecule has 0 unspecified atom stereocenters. The van der Waals surface area contributed by atoms with E-state index in [1.165, 1.54) is 0 Å². The Labute approximate surface area is 171 Å². The second-order valence-electron chi connectivity index (χ2n) is 6.05. The molecule has 2 amide bonds. The van der Waals surface area contributed by atoms with Crippen LogP contribution < -0.4 is 10.2 Å². The predicted molar refractivity (Wildman–Crippen MR) is 114 cm³/mol. The first-order valence-electron chi connectivity index (χ1n) is 8.07. The molecule has 1 N–H and O–H groups in total. The Morgan fingerprint density at radius 3 is 2.48 bits per heavy atom. The van der Waals surface area contributed by atoms with E-state index >= 15 is 0 Å². The molecule has 8 heteroatoms. The molecule has 1 saturated heterocycles. The summed E-state index contributed by atoms with van der Waals surface area (Å²) < 4.78 is 0. The lowest BCUT2D eigenvalue weighted by Gasteiger charge is -2.15. The van der Waals surface area contributed by atoms with Crippen molar-refractivity contribution in [3.05, 3.63) is 63.0 Å². The molecule has 2 aromatic carbocycles. The zero-order chi connectivity index (χ0) is 19.6. The molecule has 1 aliphatic rings. The quantitative estimate of drug-likeness (QED) is 0.675. The van der Waals surface area contributed by atoms with Crippen LogP contribution in [-0.4, -0.2) is 36.8 Å². The van der Waals surface area contributed by atoms with Gasteiger partial charge in [0.2, 0.25) is 0 Å². The van der Waals surface area contributed by atoms with Gasteiger partial charge in [-0.1, -0.05) is 35.3 Å². The molecule has 0 radical (unpaired) electrons. The minimum atomic E-state index is -0.340. The van der Waals surface area contributed by atoms with Crippen molar-refractivity contribution in [3.63, 3.8) is 0 Å². The van der Waals surface area contributed by atoms with E-state index in [1.807, 2.05) is 43.3 Å². The molecule has 0 bridgehead atoms. The summed E-state index contributed by atoms with van der Waals surface area (Å²) in [5.41, 5.74) is 2.48. The van der Waals surface area contributed by atoms with E-state index in [-0.39, 0.29) is 17.8 Å². The molecule has 1 fully saturated rings. The van der Waals surface area contributed by atoms with Crippen molar-refractivity contribution < 1.29 is 9.59 Å². The van der Waals surface area contributed by atoms with Gasteiger partial charge < -0.3 is 10.2 Å². The second-order valence-corrected chi connectivity index (χ2v) is 7.89. The summed E-state index contributed by atoms with van der Waals surface area (Å²) in [5.74, 6) is -0.340. The van der Waals surface area contributed by atoms with Crippen LogP contribution in [0.3, 0.4) is 0 Å². The molecule has 2 aromatic rings. The van der Waals surface area contributed by atoms with Crippen molar-refractivity contribution in [3.8, 4) is 0 Å². The molecule has 0 aromatic heterocycles. The summed E-state index contributed by atoms with van der Waals surface area (Å²) >= 11 is 13.0. The van der Waals surface area contributed by atoms with Gasteiger partial charge in [-0.3, -0.25) is 14.5 Å². The number of thioether (sulfide) groups is 1. The molecule has 0 saturated carbocycles. The van der Waals surface area contributed by atoms with Crippen LogP contribution >= 0.6 is 35.0 Å². The second kappa shape index (κ2) is 8.25. The summed E-state index contributed by atoms with van der Waals surface area (Å²) in [6, 6.07) is 12.7. The summed E-state index contributed by atoms with van der Waals surface area (Å²) in [7, 11) is 3.92. The number of rotatable bonds is 5. The van der Waals surface area contributed by atoms with Gasteiger partial charge in [0.25, 0.3) is 11.1 Å². The number of hydrogen-bond acceptors (Lipinski definition) is 5. The van der Waals surface area contributed by atoms with E-state index in [9.17, 15) is 9.59 Å². The third-order valence-electron chi connectivity index (χ3n) is 3.94. The summed E-state index contributed by atoms with van der Waals surface area (Å²) in [5, 5.41) is 3.62. The van der Waals surface area contributed by atoms with Crippen molar-refractivity contribution in [2.75, 3.05) is 31.0 Å². The van der Waals surface area contributed by atoms with Gasteiger partial charge in [0.15, 0.2) is 0 Å². The first kappa shape index (κ1) is 19.6. The van der Waals surface area contributed by atoms with Crippen LogP contribution in [0.15, 0.2) is 47.4 Å². The van der Waals surface area contributed by atoms with E-state index < -0.39 is 0 Å². The Morgan fingerprint density at radius 1 is 1.11 bits per heavy atom. The monoisotopic (exact) mass is 421 g/mol. The van der Waals surface area contributed by atoms with Crippen LogP contribution in [-0.2, 0) is 4.79 Å². The number of benzene rings is 2. The van der Waals surface area contributed by atoms with Gasteiger partial charge in [0.1, 0.15) is 0 Å². The molecule has 1 aliphatic heterocycles. The standard InChI is InChI=1S/C19H17Cl2N3O2S/c1-23(2)14-6-3-12(4-7-14)9-17-18(25)24(19(26)27-17)11-22-16-10-13(20)5-8-15(16)21/h3-10,22H,11H2,1-2H3.